The minimum absolute atomic E-state index is 0. The van der Waals surface area contributed by atoms with Crippen LogP contribution in [-0.4, -0.2) is 82.8 Å². The Morgan fingerprint density at radius 2 is 2.10 bits per heavy atom. The molecule has 1 aromatic heterocycles. The highest BCUT2D eigenvalue weighted by molar-refractivity contribution is 14.0. The number of anilines is 1. The van der Waals surface area contributed by atoms with E-state index < -0.39 is 0 Å². The Balaban J connectivity index is 0.00000320. The molecule has 0 saturated carbocycles. The predicted molar refractivity (Wildman–Crippen MR) is 133 cm³/mol. The van der Waals surface area contributed by atoms with Gasteiger partial charge in [0, 0.05) is 45.0 Å². The number of piperidine rings is 1. The van der Waals surface area contributed by atoms with E-state index in [0.29, 0.717) is 13.1 Å². The molecule has 0 aliphatic carbocycles. The van der Waals surface area contributed by atoms with Crippen molar-refractivity contribution in [3.8, 4) is 0 Å². The van der Waals surface area contributed by atoms with Gasteiger partial charge in [0.1, 0.15) is 6.54 Å². The second kappa shape index (κ2) is 10.8. The number of carbonyl (C=O) groups is 1. The van der Waals surface area contributed by atoms with Gasteiger partial charge in [0.25, 0.3) is 0 Å². The van der Waals surface area contributed by atoms with Gasteiger partial charge in [-0.25, -0.2) is 0 Å². The van der Waals surface area contributed by atoms with Crippen molar-refractivity contribution in [3.05, 3.63) is 12.4 Å². The number of amides is 1. The molecule has 2 aliphatic rings. The first-order chi connectivity index (χ1) is 13.8. The fraction of sp³-hybridized carbons (Fsp3) is 0.762. The van der Waals surface area contributed by atoms with Crippen molar-refractivity contribution >= 4 is 41.5 Å². The van der Waals surface area contributed by atoms with E-state index in [1.807, 2.05) is 18.1 Å². The van der Waals surface area contributed by atoms with Gasteiger partial charge >= 0.3 is 0 Å². The molecule has 0 bridgehead atoms. The molecule has 8 nitrogen and oxygen atoms in total. The Morgan fingerprint density at radius 1 is 1.33 bits per heavy atom. The van der Waals surface area contributed by atoms with Crippen molar-refractivity contribution in [2.45, 2.75) is 46.1 Å². The van der Waals surface area contributed by atoms with E-state index in [2.05, 4.69) is 47.9 Å². The summed E-state index contributed by atoms with van der Waals surface area (Å²) in [4.78, 5) is 24.2. The molecule has 3 heterocycles. The zero-order chi connectivity index (χ0) is 21.0. The van der Waals surface area contributed by atoms with Crippen LogP contribution in [0.5, 0.6) is 0 Å². The first kappa shape index (κ1) is 24.9. The van der Waals surface area contributed by atoms with Crippen molar-refractivity contribution in [3.63, 3.8) is 0 Å². The molecule has 3 rings (SSSR count). The number of hydrogen-bond acceptors (Lipinski definition) is 4. The van der Waals surface area contributed by atoms with Crippen molar-refractivity contribution in [2.24, 2.45) is 18.0 Å². The molecule has 1 amide bonds. The Morgan fingerprint density at radius 3 is 2.70 bits per heavy atom. The predicted octanol–water partition coefficient (Wildman–Crippen LogP) is 2.16. The topological polar surface area (TPSA) is 69.0 Å². The van der Waals surface area contributed by atoms with Gasteiger partial charge in [-0.2, -0.15) is 5.10 Å². The molecule has 1 N–H and O–H groups in total. The molecule has 0 spiro atoms. The number of piperazine rings is 1. The highest BCUT2D eigenvalue weighted by atomic mass is 127. The summed E-state index contributed by atoms with van der Waals surface area (Å²) in [5.74, 6) is 1.67. The van der Waals surface area contributed by atoms with E-state index in [-0.39, 0.29) is 35.4 Å². The lowest BCUT2D eigenvalue weighted by molar-refractivity contribution is -0.120. The van der Waals surface area contributed by atoms with Crippen LogP contribution in [0.2, 0.25) is 0 Å². The fourth-order valence-electron chi connectivity index (χ4n) is 4.21. The summed E-state index contributed by atoms with van der Waals surface area (Å²) in [7, 11) is 1.87. The molecule has 0 radical (unpaired) electrons. The number of nitrogens with one attached hydrogen (secondary N) is 1. The van der Waals surface area contributed by atoms with Crippen molar-refractivity contribution in [1.29, 1.82) is 0 Å². The van der Waals surface area contributed by atoms with Gasteiger partial charge in [-0.1, -0.05) is 6.92 Å². The van der Waals surface area contributed by atoms with E-state index >= 15 is 0 Å². The smallest absolute Gasteiger partial charge is 0.246 e. The molecular weight excluding hydrogens is 493 g/mol. The molecule has 1 unspecified atom stereocenters. The maximum absolute atomic E-state index is 12.8. The first-order valence-electron chi connectivity index (χ1n) is 10.9. The van der Waals surface area contributed by atoms with Crippen LogP contribution in [0, 0.1) is 5.92 Å². The average molecular weight is 531 g/mol. The number of aryl methyl sites for hydroxylation is 1. The van der Waals surface area contributed by atoms with Crippen LogP contribution >= 0.6 is 24.0 Å². The number of halogens is 1. The normalized spacial score (nSPS) is 21.6. The Labute approximate surface area is 198 Å². The van der Waals surface area contributed by atoms with Gasteiger partial charge in [0.05, 0.1) is 18.4 Å². The molecule has 9 heteroatoms. The number of nitrogens with zero attached hydrogens (tertiary/aromatic N) is 6. The van der Waals surface area contributed by atoms with E-state index in [9.17, 15) is 4.79 Å². The Kier molecular flexibility index (Phi) is 8.96. The van der Waals surface area contributed by atoms with Crippen LogP contribution in [0.1, 0.15) is 40.5 Å². The second-order valence-corrected chi connectivity index (χ2v) is 9.02. The van der Waals surface area contributed by atoms with Gasteiger partial charge < -0.3 is 15.1 Å². The number of aliphatic imine (C=N–C) groups is 1. The minimum Gasteiger partial charge on any atom is -0.357 e. The SMILES string of the molecule is CCNC(=NCC(C)(C)N1CCCC(C)C1)N1CCN(c2cnn(C)c2)C(=O)C1.I. The van der Waals surface area contributed by atoms with Crippen LogP contribution in [0.4, 0.5) is 5.69 Å². The number of likely N-dealkylation sites (tertiary alicyclic amines) is 1. The van der Waals surface area contributed by atoms with Crippen molar-refractivity contribution < 1.29 is 4.79 Å². The largest absolute Gasteiger partial charge is 0.357 e. The summed E-state index contributed by atoms with van der Waals surface area (Å²) in [5, 5.41) is 7.57. The van der Waals surface area contributed by atoms with Gasteiger partial charge in [-0.3, -0.25) is 19.4 Å². The lowest BCUT2D eigenvalue weighted by atomic mass is 9.94. The number of aromatic nitrogens is 2. The molecule has 1 atom stereocenters. The van der Waals surface area contributed by atoms with E-state index in [1.54, 1.807) is 10.9 Å². The zero-order valence-corrected chi connectivity index (χ0v) is 21.4. The average Bonchev–Trinajstić information content (AvgIpc) is 3.11. The molecule has 0 aromatic carbocycles. The van der Waals surface area contributed by atoms with Crippen LogP contribution in [-0.2, 0) is 11.8 Å². The maximum Gasteiger partial charge on any atom is 0.246 e. The Bertz CT molecular complexity index is 733. The Hall–Kier alpha value is -1.36. The van der Waals surface area contributed by atoms with E-state index in [0.717, 1.165) is 50.3 Å². The molecule has 1 aromatic rings. The standard InChI is InChI=1S/C21H37N7O.HI/c1-6-22-20(23-16-21(3,4)27-9-7-8-17(2)13-27)26-10-11-28(19(29)15-26)18-12-24-25(5)14-18;/h12,14,17H,6-11,13,15-16H2,1-5H3,(H,22,23);1H. The third kappa shape index (κ3) is 6.09. The molecule has 2 aliphatic heterocycles. The number of carbonyl (C=O) groups excluding carboxylic acids is 1. The fourth-order valence-corrected chi connectivity index (χ4v) is 4.21. The quantitative estimate of drug-likeness (QED) is 0.359. The number of hydrogen-bond donors (Lipinski definition) is 1. The van der Waals surface area contributed by atoms with Crippen molar-refractivity contribution in [1.82, 2.24) is 24.9 Å². The van der Waals surface area contributed by atoms with Crippen molar-refractivity contribution in [2.75, 3.05) is 50.7 Å². The van der Waals surface area contributed by atoms with Crippen LogP contribution in [0.3, 0.4) is 0 Å². The summed E-state index contributed by atoms with van der Waals surface area (Å²) >= 11 is 0. The first-order valence-corrected chi connectivity index (χ1v) is 10.9. The van der Waals surface area contributed by atoms with Crippen LogP contribution in [0.25, 0.3) is 0 Å². The van der Waals surface area contributed by atoms with E-state index in [4.69, 9.17) is 4.99 Å². The molecule has 170 valence electrons. The summed E-state index contributed by atoms with van der Waals surface area (Å²) in [5.41, 5.74) is 0.871. The monoisotopic (exact) mass is 531 g/mol. The van der Waals surface area contributed by atoms with Gasteiger partial charge in [-0.05, 0) is 46.1 Å². The van der Waals surface area contributed by atoms with Crippen LogP contribution in [0.15, 0.2) is 17.4 Å². The highest BCUT2D eigenvalue weighted by Crippen LogP contribution is 2.24. The van der Waals surface area contributed by atoms with Gasteiger partial charge in [0.2, 0.25) is 5.91 Å². The third-order valence-corrected chi connectivity index (χ3v) is 5.99. The summed E-state index contributed by atoms with van der Waals surface area (Å²) in [6, 6.07) is 0. The lowest BCUT2D eigenvalue weighted by Crippen LogP contribution is -2.56. The molecule has 2 saturated heterocycles. The van der Waals surface area contributed by atoms with Gasteiger partial charge in [0.15, 0.2) is 5.96 Å². The summed E-state index contributed by atoms with van der Waals surface area (Å²) in [6.07, 6.45) is 6.21. The third-order valence-electron chi connectivity index (χ3n) is 5.99. The van der Waals surface area contributed by atoms with E-state index in [1.165, 1.54) is 12.8 Å². The number of rotatable bonds is 5. The summed E-state index contributed by atoms with van der Waals surface area (Å²) < 4.78 is 1.73. The lowest BCUT2D eigenvalue weighted by Gasteiger charge is -2.42. The maximum atomic E-state index is 12.8. The molecule has 2 fully saturated rings. The summed E-state index contributed by atoms with van der Waals surface area (Å²) in [6.45, 7) is 14.5. The molecule has 30 heavy (non-hydrogen) atoms. The second-order valence-electron chi connectivity index (χ2n) is 9.02. The zero-order valence-electron chi connectivity index (χ0n) is 19.1. The van der Waals surface area contributed by atoms with Crippen LogP contribution < -0.4 is 10.2 Å². The minimum atomic E-state index is 0. The van der Waals surface area contributed by atoms with Gasteiger partial charge in [-0.15, -0.1) is 24.0 Å². The highest BCUT2D eigenvalue weighted by Gasteiger charge is 2.31. The number of guanidine groups is 1. The molecular formula is C21H38IN7O.